The standard InChI is InChI=1S/C18H18FN5/c1-18(2,3)15-10-21-11-17-23-22-16(24(15)17)5-4-12-6-13(9-20)8-14(19)7-12/h6-8,15,21H,10-11H2,1-3H3. The summed E-state index contributed by atoms with van der Waals surface area (Å²) in [4.78, 5) is 0. The third kappa shape index (κ3) is 3.15. The summed E-state index contributed by atoms with van der Waals surface area (Å²) in [5, 5.41) is 20.7. The van der Waals surface area contributed by atoms with Gasteiger partial charge in [0.1, 0.15) is 11.6 Å². The minimum absolute atomic E-state index is 0.0216. The molecule has 2 aromatic rings. The maximum absolute atomic E-state index is 13.5. The third-order valence-corrected chi connectivity index (χ3v) is 4.04. The van der Waals surface area contributed by atoms with Gasteiger partial charge in [-0.3, -0.25) is 4.57 Å². The van der Waals surface area contributed by atoms with E-state index in [0.717, 1.165) is 12.4 Å². The van der Waals surface area contributed by atoms with Crippen LogP contribution in [0.15, 0.2) is 18.2 Å². The quantitative estimate of drug-likeness (QED) is 0.756. The summed E-state index contributed by atoms with van der Waals surface area (Å²) in [5.41, 5.74) is 0.720. The Balaban J connectivity index is 2.01. The number of nitriles is 1. The van der Waals surface area contributed by atoms with Crippen LogP contribution in [0.25, 0.3) is 0 Å². The lowest BCUT2D eigenvalue weighted by Crippen LogP contribution is -2.40. The summed E-state index contributed by atoms with van der Waals surface area (Å²) in [6.45, 7) is 7.97. The summed E-state index contributed by atoms with van der Waals surface area (Å²) in [5.74, 6) is 6.82. The minimum atomic E-state index is -0.474. The number of hydrogen-bond acceptors (Lipinski definition) is 4. The maximum Gasteiger partial charge on any atom is 0.208 e. The molecule has 1 aliphatic heterocycles. The van der Waals surface area contributed by atoms with Crippen LogP contribution in [-0.2, 0) is 6.54 Å². The zero-order chi connectivity index (χ0) is 17.3. The first kappa shape index (κ1) is 16.2. The van der Waals surface area contributed by atoms with Crippen LogP contribution in [0.5, 0.6) is 0 Å². The summed E-state index contributed by atoms with van der Waals surface area (Å²) >= 11 is 0. The van der Waals surface area contributed by atoms with Crippen molar-refractivity contribution in [2.45, 2.75) is 33.4 Å². The number of rotatable bonds is 0. The van der Waals surface area contributed by atoms with Gasteiger partial charge in [-0.1, -0.05) is 26.7 Å². The number of halogens is 1. The van der Waals surface area contributed by atoms with E-state index < -0.39 is 5.82 Å². The van der Waals surface area contributed by atoms with E-state index in [-0.39, 0.29) is 17.0 Å². The molecule has 0 fully saturated rings. The van der Waals surface area contributed by atoms with Gasteiger partial charge >= 0.3 is 0 Å². The first-order valence-corrected chi connectivity index (χ1v) is 7.75. The highest BCUT2D eigenvalue weighted by Crippen LogP contribution is 2.33. The van der Waals surface area contributed by atoms with Crippen molar-refractivity contribution in [3.05, 3.63) is 46.8 Å². The second-order valence-corrected chi connectivity index (χ2v) is 6.91. The fourth-order valence-corrected chi connectivity index (χ4v) is 2.82. The van der Waals surface area contributed by atoms with Gasteiger partial charge in [-0.2, -0.15) is 5.26 Å². The Hall–Kier alpha value is -2.70. The Bertz CT molecular complexity index is 874. The molecule has 24 heavy (non-hydrogen) atoms. The fraction of sp³-hybridized carbons (Fsp3) is 0.389. The molecule has 1 aromatic carbocycles. The van der Waals surface area contributed by atoms with Crippen LogP contribution in [0.4, 0.5) is 4.39 Å². The van der Waals surface area contributed by atoms with E-state index in [4.69, 9.17) is 5.26 Å². The number of nitrogens with zero attached hydrogens (tertiary/aromatic N) is 4. The van der Waals surface area contributed by atoms with Gasteiger partial charge < -0.3 is 5.32 Å². The predicted octanol–water partition coefficient (Wildman–Crippen LogP) is 2.38. The SMILES string of the molecule is CC(C)(C)C1CNCc2nnc(C#Cc3cc(F)cc(C#N)c3)n21. The van der Waals surface area contributed by atoms with Gasteiger partial charge in [0.05, 0.1) is 24.2 Å². The fourth-order valence-electron chi connectivity index (χ4n) is 2.82. The second-order valence-electron chi connectivity index (χ2n) is 6.91. The molecule has 0 bridgehead atoms. The van der Waals surface area contributed by atoms with Crippen molar-refractivity contribution in [2.75, 3.05) is 6.54 Å². The molecular weight excluding hydrogens is 305 g/mol. The lowest BCUT2D eigenvalue weighted by molar-refractivity contribution is 0.209. The van der Waals surface area contributed by atoms with Crippen molar-refractivity contribution in [3.8, 4) is 17.9 Å². The Morgan fingerprint density at radius 1 is 1.21 bits per heavy atom. The highest BCUT2D eigenvalue weighted by atomic mass is 19.1. The van der Waals surface area contributed by atoms with Crippen LogP contribution in [0.2, 0.25) is 0 Å². The van der Waals surface area contributed by atoms with E-state index in [1.54, 1.807) is 6.07 Å². The van der Waals surface area contributed by atoms with Gasteiger partial charge in [0.2, 0.25) is 5.82 Å². The average molecular weight is 323 g/mol. The van der Waals surface area contributed by atoms with Gasteiger partial charge in [0.15, 0.2) is 0 Å². The zero-order valence-corrected chi connectivity index (χ0v) is 13.9. The lowest BCUT2D eigenvalue weighted by Gasteiger charge is -2.36. The van der Waals surface area contributed by atoms with E-state index in [2.05, 4.69) is 52.7 Å². The molecule has 0 aliphatic carbocycles. The molecule has 0 saturated heterocycles. The van der Waals surface area contributed by atoms with E-state index in [0.29, 0.717) is 17.9 Å². The molecule has 0 spiro atoms. The molecular formula is C18H18FN5. The predicted molar refractivity (Wildman–Crippen MR) is 87.3 cm³/mol. The van der Waals surface area contributed by atoms with Gasteiger partial charge in [0, 0.05) is 12.1 Å². The van der Waals surface area contributed by atoms with Crippen LogP contribution in [0.1, 0.15) is 49.6 Å². The van der Waals surface area contributed by atoms with Crippen molar-refractivity contribution in [3.63, 3.8) is 0 Å². The summed E-state index contributed by atoms with van der Waals surface area (Å²) in [6.07, 6.45) is 0. The number of nitrogens with one attached hydrogen (secondary N) is 1. The molecule has 1 aromatic heterocycles. The molecule has 0 radical (unpaired) electrons. The number of hydrogen-bond donors (Lipinski definition) is 1. The van der Waals surface area contributed by atoms with Crippen LogP contribution in [-0.4, -0.2) is 21.3 Å². The molecule has 1 N–H and O–H groups in total. The van der Waals surface area contributed by atoms with Gasteiger partial charge in [-0.25, -0.2) is 4.39 Å². The van der Waals surface area contributed by atoms with Crippen LogP contribution in [0.3, 0.4) is 0 Å². The Labute approximate surface area is 140 Å². The molecule has 122 valence electrons. The highest BCUT2D eigenvalue weighted by molar-refractivity contribution is 5.44. The topological polar surface area (TPSA) is 66.5 Å². The van der Waals surface area contributed by atoms with Crippen molar-refractivity contribution in [2.24, 2.45) is 5.41 Å². The second kappa shape index (κ2) is 6.07. The molecule has 0 amide bonds. The third-order valence-electron chi connectivity index (χ3n) is 4.04. The van der Waals surface area contributed by atoms with Crippen molar-refractivity contribution in [1.82, 2.24) is 20.1 Å². The van der Waals surface area contributed by atoms with Crippen LogP contribution < -0.4 is 5.32 Å². The van der Waals surface area contributed by atoms with E-state index in [9.17, 15) is 4.39 Å². The van der Waals surface area contributed by atoms with E-state index >= 15 is 0 Å². The molecule has 5 nitrogen and oxygen atoms in total. The Morgan fingerprint density at radius 2 is 1.96 bits per heavy atom. The monoisotopic (exact) mass is 323 g/mol. The minimum Gasteiger partial charge on any atom is -0.308 e. The highest BCUT2D eigenvalue weighted by Gasteiger charge is 2.32. The van der Waals surface area contributed by atoms with Crippen LogP contribution >= 0.6 is 0 Å². The van der Waals surface area contributed by atoms with E-state index in [1.807, 2.05) is 6.07 Å². The molecule has 2 heterocycles. The summed E-state index contributed by atoms with van der Waals surface area (Å²) in [6, 6.07) is 6.17. The molecule has 1 atom stereocenters. The molecule has 3 rings (SSSR count). The number of fused-ring (bicyclic) bond motifs is 1. The smallest absolute Gasteiger partial charge is 0.208 e. The zero-order valence-electron chi connectivity index (χ0n) is 13.9. The Morgan fingerprint density at radius 3 is 2.67 bits per heavy atom. The summed E-state index contributed by atoms with van der Waals surface area (Å²) < 4.78 is 15.6. The van der Waals surface area contributed by atoms with E-state index in [1.165, 1.54) is 12.1 Å². The first-order chi connectivity index (χ1) is 11.4. The molecule has 0 saturated carbocycles. The van der Waals surface area contributed by atoms with Crippen molar-refractivity contribution in [1.29, 1.82) is 5.26 Å². The largest absolute Gasteiger partial charge is 0.308 e. The number of benzene rings is 1. The van der Waals surface area contributed by atoms with Crippen molar-refractivity contribution >= 4 is 0 Å². The summed E-state index contributed by atoms with van der Waals surface area (Å²) in [7, 11) is 0. The molecule has 1 unspecified atom stereocenters. The normalized spacial score (nSPS) is 16.7. The first-order valence-electron chi connectivity index (χ1n) is 7.75. The van der Waals surface area contributed by atoms with Crippen LogP contribution in [0, 0.1) is 34.4 Å². The van der Waals surface area contributed by atoms with Gasteiger partial charge in [-0.05, 0) is 29.5 Å². The molecule has 6 heteroatoms. The lowest BCUT2D eigenvalue weighted by atomic mass is 9.85. The van der Waals surface area contributed by atoms with Gasteiger partial charge in [0.25, 0.3) is 0 Å². The maximum atomic E-state index is 13.5. The molecule has 1 aliphatic rings. The van der Waals surface area contributed by atoms with Gasteiger partial charge in [-0.15, -0.1) is 10.2 Å². The number of aromatic nitrogens is 3. The Kier molecular flexibility index (Phi) is 4.09. The van der Waals surface area contributed by atoms with Crippen molar-refractivity contribution < 1.29 is 4.39 Å². The average Bonchev–Trinajstić information content (AvgIpc) is 2.94.